The molecular weight excluding hydrogens is 294 g/mol. The van der Waals surface area contributed by atoms with Gasteiger partial charge in [0.05, 0.1) is 10.9 Å². The Morgan fingerprint density at radius 2 is 1.54 bits per heavy atom. The number of hydrogen-bond acceptors (Lipinski definition) is 1. The van der Waals surface area contributed by atoms with Crippen molar-refractivity contribution in [1.29, 1.82) is 0 Å². The standard InChI is InChI=1S/C19H17NO.C2H6.CH4/c1-6-12-14-10-11-16-18(19(14)21-17(12)9-4)13(7-2)15(8-3)20(16)5;1-2;/h6-11H,1-4H2,5H3;1-2H3;1H4. The van der Waals surface area contributed by atoms with Crippen LogP contribution in [0.15, 0.2) is 42.9 Å². The molecule has 0 aliphatic carbocycles. The molecule has 126 valence electrons. The van der Waals surface area contributed by atoms with Crippen LogP contribution in [0.5, 0.6) is 0 Å². The number of aromatic nitrogens is 1. The predicted molar refractivity (Wildman–Crippen MR) is 111 cm³/mol. The van der Waals surface area contributed by atoms with Crippen molar-refractivity contribution >= 4 is 46.2 Å². The SMILES string of the molecule is C.C=Cc1oc2c(ccc3c2c(C=C)c(C=C)n3C)c1C=C.CC. The van der Waals surface area contributed by atoms with Gasteiger partial charge in [0, 0.05) is 29.3 Å². The van der Waals surface area contributed by atoms with Gasteiger partial charge in [0.1, 0.15) is 11.3 Å². The van der Waals surface area contributed by atoms with E-state index >= 15 is 0 Å². The van der Waals surface area contributed by atoms with Gasteiger partial charge in [-0.05, 0) is 24.3 Å². The normalized spacial score (nSPS) is 9.79. The number of rotatable bonds is 4. The topological polar surface area (TPSA) is 18.1 Å². The largest absolute Gasteiger partial charge is 0.455 e. The Balaban J connectivity index is 0.000000925. The minimum atomic E-state index is 0. The summed E-state index contributed by atoms with van der Waals surface area (Å²) in [6.45, 7) is 19.5. The van der Waals surface area contributed by atoms with E-state index in [1.54, 1.807) is 12.2 Å². The summed E-state index contributed by atoms with van der Waals surface area (Å²) in [6, 6.07) is 4.15. The Morgan fingerprint density at radius 3 is 2.04 bits per heavy atom. The second-order valence-electron chi connectivity index (χ2n) is 4.89. The van der Waals surface area contributed by atoms with Crippen LogP contribution in [0.4, 0.5) is 0 Å². The van der Waals surface area contributed by atoms with Crippen LogP contribution < -0.4 is 0 Å². The van der Waals surface area contributed by atoms with Crippen LogP contribution in [0.3, 0.4) is 0 Å². The highest BCUT2D eigenvalue weighted by molar-refractivity contribution is 6.12. The van der Waals surface area contributed by atoms with E-state index in [1.807, 2.05) is 33.0 Å². The quantitative estimate of drug-likeness (QED) is 0.498. The van der Waals surface area contributed by atoms with Crippen molar-refractivity contribution in [3.8, 4) is 0 Å². The summed E-state index contributed by atoms with van der Waals surface area (Å²) in [5, 5.41) is 2.09. The molecule has 0 fully saturated rings. The van der Waals surface area contributed by atoms with E-state index in [0.29, 0.717) is 0 Å². The lowest BCUT2D eigenvalue weighted by atomic mass is 10.1. The number of nitrogens with zero attached hydrogens (tertiary/aromatic N) is 1. The first-order valence-electron chi connectivity index (χ1n) is 7.75. The first-order chi connectivity index (χ1) is 11.2. The number of aryl methyl sites for hydroxylation is 1. The first-order valence-corrected chi connectivity index (χ1v) is 7.75. The van der Waals surface area contributed by atoms with Gasteiger partial charge in [-0.2, -0.15) is 0 Å². The van der Waals surface area contributed by atoms with E-state index in [9.17, 15) is 0 Å². The molecule has 2 aromatic heterocycles. The van der Waals surface area contributed by atoms with Crippen molar-refractivity contribution in [2.75, 3.05) is 0 Å². The number of benzene rings is 1. The highest BCUT2D eigenvalue weighted by Crippen LogP contribution is 2.38. The monoisotopic (exact) mass is 321 g/mol. The van der Waals surface area contributed by atoms with Crippen LogP contribution in [-0.2, 0) is 7.05 Å². The van der Waals surface area contributed by atoms with E-state index in [2.05, 4.69) is 43.0 Å². The van der Waals surface area contributed by atoms with Crippen LogP contribution in [0.25, 0.3) is 46.2 Å². The van der Waals surface area contributed by atoms with E-state index < -0.39 is 0 Å². The molecule has 3 rings (SSSR count). The third-order valence-corrected chi connectivity index (χ3v) is 3.96. The van der Waals surface area contributed by atoms with Crippen molar-refractivity contribution < 1.29 is 4.42 Å². The minimum Gasteiger partial charge on any atom is -0.455 e. The molecule has 0 spiro atoms. The summed E-state index contributed by atoms with van der Waals surface area (Å²) in [5.74, 6) is 0.742. The average Bonchev–Trinajstić information content (AvgIpc) is 3.10. The van der Waals surface area contributed by atoms with Crippen LogP contribution in [0.1, 0.15) is 43.9 Å². The molecule has 0 unspecified atom stereocenters. The molecule has 0 saturated heterocycles. The fourth-order valence-corrected chi connectivity index (χ4v) is 2.98. The molecule has 0 bridgehead atoms. The molecular formula is C22H27NO. The van der Waals surface area contributed by atoms with Crippen LogP contribution in [0.2, 0.25) is 0 Å². The molecule has 0 aliphatic heterocycles. The maximum absolute atomic E-state index is 6.02. The third-order valence-electron chi connectivity index (χ3n) is 3.96. The van der Waals surface area contributed by atoms with Gasteiger partial charge in [-0.15, -0.1) is 0 Å². The Morgan fingerprint density at radius 1 is 0.917 bits per heavy atom. The lowest BCUT2D eigenvalue weighted by molar-refractivity contribution is 0.606. The number of fused-ring (bicyclic) bond motifs is 3. The lowest BCUT2D eigenvalue weighted by Gasteiger charge is -1.98. The van der Waals surface area contributed by atoms with Gasteiger partial charge >= 0.3 is 0 Å². The second-order valence-corrected chi connectivity index (χ2v) is 4.89. The zero-order valence-electron chi connectivity index (χ0n) is 14.1. The van der Waals surface area contributed by atoms with Crippen LogP contribution >= 0.6 is 0 Å². The lowest BCUT2D eigenvalue weighted by Crippen LogP contribution is -1.90. The Bertz CT molecular complexity index is 919. The summed E-state index contributed by atoms with van der Waals surface area (Å²) in [7, 11) is 2.02. The van der Waals surface area contributed by atoms with Gasteiger partial charge in [0.2, 0.25) is 0 Å². The van der Waals surface area contributed by atoms with Gasteiger partial charge in [0.15, 0.2) is 0 Å². The Kier molecular flexibility index (Phi) is 6.19. The summed E-state index contributed by atoms with van der Waals surface area (Å²) in [5.41, 5.74) is 4.97. The summed E-state index contributed by atoms with van der Waals surface area (Å²) in [4.78, 5) is 0. The maximum atomic E-state index is 6.02. The van der Waals surface area contributed by atoms with E-state index in [4.69, 9.17) is 4.42 Å². The molecule has 0 atom stereocenters. The third kappa shape index (κ3) is 2.54. The zero-order chi connectivity index (χ0) is 17.1. The molecule has 0 radical (unpaired) electrons. The average molecular weight is 321 g/mol. The molecule has 0 saturated carbocycles. The van der Waals surface area contributed by atoms with Crippen molar-refractivity contribution in [2.45, 2.75) is 21.3 Å². The molecule has 0 aliphatic rings. The molecule has 3 aromatic rings. The molecule has 0 amide bonds. The molecule has 2 heteroatoms. The van der Waals surface area contributed by atoms with E-state index in [1.165, 1.54) is 0 Å². The number of furan rings is 1. The Hall–Kier alpha value is -2.74. The van der Waals surface area contributed by atoms with Crippen LogP contribution in [0, 0.1) is 0 Å². The molecule has 2 heterocycles. The second kappa shape index (κ2) is 7.69. The van der Waals surface area contributed by atoms with Crippen molar-refractivity contribution in [2.24, 2.45) is 7.05 Å². The minimum absolute atomic E-state index is 0. The van der Waals surface area contributed by atoms with Crippen molar-refractivity contribution in [3.63, 3.8) is 0 Å². The maximum Gasteiger partial charge on any atom is 0.145 e. The van der Waals surface area contributed by atoms with E-state index in [0.717, 1.165) is 44.5 Å². The number of hydrogen-bond donors (Lipinski definition) is 0. The fourth-order valence-electron chi connectivity index (χ4n) is 2.98. The highest BCUT2D eigenvalue weighted by Gasteiger charge is 2.18. The predicted octanol–water partition coefficient (Wildman–Crippen LogP) is 7.16. The highest BCUT2D eigenvalue weighted by atomic mass is 16.3. The molecule has 1 aromatic carbocycles. The zero-order valence-corrected chi connectivity index (χ0v) is 14.1. The van der Waals surface area contributed by atoms with Crippen LogP contribution in [-0.4, -0.2) is 4.57 Å². The smallest absolute Gasteiger partial charge is 0.145 e. The van der Waals surface area contributed by atoms with Gasteiger partial charge < -0.3 is 8.98 Å². The van der Waals surface area contributed by atoms with Gasteiger partial charge in [-0.3, -0.25) is 0 Å². The summed E-state index contributed by atoms with van der Waals surface area (Å²) < 4.78 is 8.12. The van der Waals surface area contributed by atoms with Gasteiger partial charge in [0.25, 0.3) is 0 Å². The van der Waals surface area contributed by atoms with Gasteiger partial charge in [-0.1, -0.05) is 59.7 Å². The first kappa shape index (κ1) is 19.3. The van der Waals surface area contributed by atoms with Gasteiger partial charge in [-0.25, -0.2) is 0 Å². The van der Waals surface area contributed by atoms with E-state index in [-0.39, 0.29) is 7.43 Å². The molecule has 0 N–H and O–H groups in total. The summed E-state index contributed by atoms with van der Waals surface area (Å²) in [6.07, 6.45) is 7.21. The van der Waals surface area contributed by atoms with Crippen molar-refractivity contribution in [3.05, 3.63) is 61.0 Å². The fraction of sp³-hybridized carbons (Fsp3) is 0.182. The molecule has 24 heavy (non-hydrogen) atoms. The summed E-state index contributed by atoms with van der Waals surface area (Å²) >= 11 is 0. The Labute approximate surface area is 145 Å². The molecule has 2 nitrogen and oxygen atoms in total. The van der Waals surface area contributed by atoms with Crippen molar-refractivity contribution in [1.82, 2.24) is 4.57 Å².